The molecule has 0 heterocycles. The minimum absolute atomic E-state index is 0. The molecule has 10 heavy (non-hydrogen) atoms. The Morgan fingerprint density at radius 2 is 1.90 bits per heavy atom. The van der Waals surface area contributed by atoms with Crippen LogP contribution in [0.3, 0.4) is 0 Å². The summed E-state index contributed by atoms with van der Waals surface area (Å²) in [5, 5.41) is 8.21. The molecule has 0 atom stereocenters. The average Bonchev–Trinajstić information content (AvgIpc) is 1.80. The summed E-state index contributed by atoms with van der Waals surface area (Å²) in [4.78, 5) is 9.96. The van der Waals surface area contributed by atoms with E-state index >= 15 is 0 Å². The maximum absolute atomic E-state index is 9.96. The number of rotatable bonds is 5. The molecule has 0 saturated carbocycles. The standard InChI is InChI=1S/C7H14O2.Co/c1-2-3-4-5-6-7(8)9;/h2-6H2,1H3,(H,8,9);. The van der Waals surface area contributed by atoms with Crippen molar-refractivity contribution in [3.8, 4) is 0 Å². The third kappa shape index (κ3) is 10.9. The molecule has 1 radical (unpaired) electrons. The molecule has 0 amide bonds. The zero-order chi connectivity index (χ0) is 7.11. The van der Waals surface area contributed by atoms with E-state index in [0.717, 1.165) is 19.3 Å². The van der Waals surface area contributed by atoms with Gasteiger partial charge in [0, 0.05) is 23.2 Å². The summed E-state index contributed by atoms with van der Waals surface area (Å²) in [6.07, 6.45) is 4.55. The molecule has 0 aliphatic heterocycles. The van der Waals surface area contributed by atoms with Crippen molar-refractivity contribution in [2.75, 3.05) is 0 Å². The van der Waals surface area contributed by atoms with Gasteiger partial charge in [-0.2, -0.15) is 0 Å². The van der Waals surface area contributed by atoms with Gasteiger partial charge in [-0.1, -0.05) is 26.2 Å². The van der Waals surface area contributed by atoms with E-state index in [1.54, 1.807) is 0 Å². The van der Waals surface area contributed by atoms with Gasteiger partial charge < -0.3 is 5.11 Å². The molecule has 0 bridgehead atoms. The van der Waals surface area contributed by atoms with Crippen molar-refractivity contribution < 1.29 is 26.7 Å². The molecule has 0 spiro atoms. The summed E-state index contributed by atoms with van der Waals surface area (Å²) in [6, 6.07) is 0. The third-order valence-corrected chi connectivity index (χ3v) is 1.24. The fourth-order valence-electron chi connectivity index (χ4n) is 0.703. The van der Waals surface area contributed by atoms with Gasteiger partial charge in [0.25, 0.3) is 0 Å². The first kappa shape index (κ1) is 12.6. The van der Waals surface area contributed by atoms with Crippen molar-refractivity contribution in [3.05, 3.63) is 0 Å². The molecule has 0 aliphatic rings. The van der Waals surface area contributed by atoms with E-state index in [2.05, 4.69) is 6.92 Å². The van der Waals surface area contributed by atoms with E-state index in [4.69, 9.17) is 5.11 Å². The van der Waals surface area contributed by atoms with Gasteiger partial charge in [0.05, 0.1) is 0 Å². The third-order valence-electron chi connectivity index (χ3n) is 1.24. The topological polar surface area (TPSA) is 37.3 Å². The van der Waals surface area contributed by atoms with E-state index in [9.17, 15) is 4.79 Å². The molecule has 0 aromatic rings. The number of hydrogen-bond donors (Lipinski definition) is 1. The normalized spacial score (nSPS) is 8.50. The molecule has 0 fully saturated rings. The number of hydrogen-bond acceptors (Lipinski definition) is 1. The SMILES string of the molecule is CCCCCCC(=O)O.[Co]. The van der Waals surface area contributed by atoms with Gasteiger partial charge in [-0.25, -0.2) is 0 Å². The molecule has 0 aromatic carbocycles. The molecule has 0 rings (SSSR count). The Kier molecular flexibility index (Phi) is 11.3. The monoisotopic (exact) mass is 189 g/mol. The second kappa shape index (κ2) is 8.98. The molecule has 63 valence electrons. The second-order valence-electron chi connectivity index (χ2n) is 2.20. The van der Waals surface area contributed by atoms with Crippen LogP contribution in [0.4, 0.5) is 0 Å². The summed E-state index contributed by atoms with van der Waals surface area (Å²) in [5.41, 5.74) is 0. The molecule has 0 unspecified atom stereocenters. The van der Waals surface area contributed by atoms with Crippen LogP contribution < -0.4 is 0 Å². The van der Waals surface area contributed by atoms with Gasteiger partial charge in [0.2, 0.25) is 0 Å². The zero-order valence-corrected chi connectivity index (χ0v) is 7.27. The van der Waals surface area contributed by atoms with Gasteiger partial charge in [0.15, 0.2) is 0 Å². The van der Waals surface area contributed by atoms with Crippen LogP contribution in [0.1, 0.15) is 39.0 Å². The van der Waals surface area contributed by atoms with E-state index < -0.39 is 5.97 Å². The van der Waals surface area contributed by atoms with Crippen LogP contribution in [0.2, 0.25) is 0 Å². The summed E-state index contributed by atoms with van der Waals surface area (Å²) < 4.78 is 0. The van der Waals surface area contributed by atoms with E-state index in [-0.39, 0.29) is 16.8 Å². The molecule has 1 N–H and O–H groups in total. The number of carboxylic acid groups (broad SMARTS) is 1. The predicted octanol–water partition coefficient (Wildman–Crippen LogP) is 2.04. The number of unbranched alkanes of at least 4 members (excludes halogenated alkanes) is 3. The van der Waals surface area contributed by atoms with Crippen LogP contribution in [-0.2, 0) is 21.6 Å². The van der Waals surface area contributed by atoms with Crippen LogP contribution in [0.15, 0.2) is 0 Å². The summed E-state index contributed by atoms with van der Waals surface area (Å²) in [6.45, 7) is 2.11. The van der Waals surface area contributed by atoms with E-state index in [0.29, 0.717) is 6.42 Å². The second-order valence-corrected chi connectivity index (χ2v) is 2.20. The number of carbonyl (C=O) groups is 1. The Hall–Kier alpha value is -0.0235. The summed E-state index contributed by atoms with van der Waals surface area (Å²) in [7, 11) is 0. The van der Waals surface area contributed by atoms with Crippen molar-refractivity contribution in [1.29, 1.82) is 0 Å². The first-order chi connectivity index (χ1) is 4.27. The molecular weight excluding hydrogens is 175 g/mol. The predicted molar refractivity (Wildman–Crippen MR) is 36.4 cm³/mol. The van der Waals surface area contributed by atoms with E-state index in [1.165, 1.54) is 6.42 Å². The fraction of sp³-hybridized carbons (Fsp3) is 0.857. The van der Waals surface area contributed by atoms with Gasteiger partial charge >= 0.3 is 5.97 Å². The Morgan fingerprint density at radius 3 is 2.30 bits per heavy atom. The van der Waals surface area contributed by atoms with Crippen molar-refractivity contribution in [2.24, 2.45) is 0 Å². The average molecular weight is 189 g/mol. The van der Waals surface area contributed by atoms with Gasteiger partial charge in [0.1, 0.15) is 0 Å². The Morgan fingerprint density at radius 1 is 1.30 bits per heavy atom. The minimum atomic E-state index is -0.675. The Labute approximate surface area is 72.2 Å². The van der Waals surface area contributed by atoms with Gasteiger partial charge in [-0.15, -0.1) is 0 Å². The van der Waals surface area contributed by atoms with Crippen LogP contribution in [0.5, 0.6) is 0 Å². The summed E-state index contributed by atoms with van der Waals surface area (Å²) >= 11 is 0. The first-order valence-electron chi connectivity index (χ1n) is 3.49. The Balaban J connectivity index is 0. The van der Waals surface area contributed by atoms with Crippen LogP contribution in [-0.4, -0.2) is 11.1 Å². The number of carboxylic acids is 1. The van der Waals surface area contributed by atoms with E-state index in [1.807, 2.05) is 0 Å². The van der Waals surface area contributed by atoms with Gasteiger partial charge in [-0.3, -0.25) is 4.79 Å². The van der Waals surface area contributed by atoms with Crippen LogP contribution in [0.25, 0.3) is 0 Å². The Bertz CT molecular complexity index is 83.7. The summed E-state index contributed by atoms with van der Waals surface area (Å²) in [5.74, 6) is -0.675. The van der Waals surface area contributed by atoms with Crippen LogP contribution in [0, 0.1) is 0 Å². The number of aliphatic carboxylic acids is 1. The maximum Gasteiger partial charge on any atom is 0.303 e. The molecular formula is C7H14CoO2. The molecule has 0 saturated heterocycles. The molecule has 3 heteroatoms. The quantitative estimate of drug-likeness (QED) is 0.672. The maximum atomic E-state index is 9.96. The molecule has 0 aromatic heterocycles. The first-order valence-corrected chi connectivity index (χ1v) is 3.49. The smallest absolute Gasteiger partial charge is 0.303 e. The van der Waals surface area contributed by atoms with Crippen molar-refractivity contribution >= 4 is 5.97 Å². The minimum Gasteiger partial charge on any atom is -0.481 e. The molecule has 0 aliphatic carbocycles. The zero-order valence-electron chi connectivity index (χ0n) is 6.22. The van der Waals surface area contributed by atoms with Crippen molar-refractivity contribution in [2.45, 2.75) is 39.0 Å². The van der Waals surface area contributed by atoms with Crippen LogP contribution >= 0.6 is 0 Å². The van der Waals surface area contributed by atoms with Crippen molar-refractivity contribution in [1.82, 2.24) is 0 Å². The van der Waals surface area contributed by atoms with Crippen molar-refractivity contribution in [3.63, 3.8) is 0 Å². The van der Waals surface area contributed by atoms with Gasteiger partial charge in [-0.05, 0) is 6.42 Å². The molecule has 2 nitrogen and oxygen atoms in total. The fourth-order valence-corrected chi connectivity index (χ4v) is 0.703. The largest absolute Gasteiger partial charge is 0.481 e.